The summed E-state index contributed by atoms with van der Waals surface area (Å²) in [6.45, 7) is 3.07. The summed E-state index contributed by atoms with van der Waals surface area (Å²) >= 11 is 0. The molecule has 0 saturated carbocycles. The number of rotatable bonds is 7. The highest BCUT2D eigenvalue weighted by atomic mass is 16.4. The Morgan fingerprint density at radius 2 is 2.10 bits per heavy atom. The molecule has 2 N–H and O–H groups in total. The second-order valence-corrected chi connectivity index (χ2v) is 5.17. The molecular weight excluding hydrogens is 256 g/mol. The van der Waals surface area contributed by atoms with Gasteiger partial charge >= 0.3 is 5.97 Å². The van der Waals surface area contributed by atoms with Crippen molar-refractivity contribution < 1.29 is 14.7 Å². The summed E-state index contributed by atoms with van der Waals surface area (Å²) < 4.78 is 0. The van der Waals surface area contributed by atoms with E-state index >= 15 is 0 Å². The van der Waals surface area contributed by atoms with E-state index in [1.165, 1.54) is 12.5 Å². The first-order valence-corrected chi connectivity index (χ1v) is 6.89. The smallest absolute Gasteiger partial charge is 0.325 e. The maximum atomic E-state index is 11.7. The Morgan fingerprint density at radius 3 is 2.75 bits per heavy atom. The van der Waals surface area contributed by atoms with Crippen molar-refractivity contribution in [2.45, 2.75) is 31.8 Å². The van der Waals surface area contributed by atoms with Gasteiger partial charge in [0, 0.05) is 6.54 Å². The van der Waals surface area contributed by atoms with Crippen LogP contribution in [-0.2, 0) is 16.0 Å². The molecule has 0 spiro atoms. The van der Waals surface area contributed by atoms with E-state index in [4.69, 9.17) is 5.11 Å². The molecule has 3 unspecified atom stereocenters. The van der Waals surface area contributed by atoms with E-state index in [1.807, 2.05) is 18.2 Å². The van der Waals surface area contributed by atoms with Gasteiger partial charge in [-0.2, -0.15) is 0 Å². The number of carbonyl (C=O) groups excluding carboxylic acids is 1. The van der Waals surface area contributed by atoms with Gasteiger partial charge in [-0.05, 0) is 31.9 Å². The summed E-state index contributed by atoms with van der Waals surface area (Å²) in [5, 5.41) is 11.2. The number of aliphatic carboxylic acids is 1. The fraction of sp³-hybridized carbons (Fsp3) is 0.467. The Balaban J connectivity index is 1.65. The van der Waals surface area contributed by atoms with Gasteiger partial charge in [0.05, 0.1) is 0 Å². The van der Waals surface area contributed by atoms with Crippen LogP contribution in [-0.4, -0.2) is 47.1 Å². The second kappa shape index (κ2) is 6.52. The summed E-state index contributed by atoms with van der Waals surface area (Å²) in [7, 11) is 0. The normalized spacial score (nSPS) is 22.1. The van der Waals surface area contributed by atoms with Crippen LogP contribution in [0.2, 0.25) is 0 Å². The summed E-state index contributed by atoms with van der Waals surface area (Å²) in [5.74, 6) is -1.19. The molecule has 1 aliphatic heterocycles. The SMILES string of the molecule is CC(NC(=O)C1CN1CCCc1ccccc1)C(=O)O. The van der Waals surface area contributed by atoms with E-state index < -0.39 is 12.0 Å². The largest absolute Gasteiger partial charge is 0.480 e. The number of carboxylic acid groups (broad SMARTS) is 1. The summed E-state index contributed by atoms with van der Waals surface area (Å²) in [6.07, 6.45) is 2.00. The zero-order valence-electron chi connectivity index (χ0n) is 11.6. The van der Waals surface area contributed by atoms with Crippen molar-refractivity contribution in [3.8, 4) is 0 Å². The highest BCUT2D eigenvalue weighted by Crippen LogP contribution is 2.18. The first kappa shape index (κ1) is 14.5. The Hall–Kier alpha value is -1.88. The quantitative estimate of drug-likeness (QED) is 0.726. The third-order valence-electron chi connectivity index (χ3n) is 3.50. The van der Waals surface area contributed by atoms with Gasteiger partial charge in [0.25, 0.3) is 0 Å². The fourth-order valence-corrected chi connectivity index (χ4v) is 2.17. The predicted octanol–water partition coefficient (Wildman–Crippen LogP) is 0.893. The van der Waals surface area contributed by atoms with Crippen LogP contribution in [0, 0.1) is 0 Å². The highest BCUT2D eigenvalue weighted by Gasteiger charge is 2.40. The van der Waals surface area contributed by atoms with Gasteiger partial charge in [0.15, 0.2) is 0 Å². The first-order chi connectivity index (χ1) is 9.58. The zero-order valence-corrected chi connectivity index (χ0v) is 11.6. The van der Waals surface area contributed by atoms with Gasteiger partial charge in [0.1, 0.15) is 12.1 Å². The molecule has 1 fully saturated rings. The van der Waals surface area contributed by atoms with E-state index in [2.05, 4.69) is 22.3 Å². The Labute approximate surface area is 118 Å². The molecule has 0 aliphatic carbocycles. The number of nitrogens with zero attached hydrogens (tertiary/aromatic N) is 1. The predicted molar refractivity (Wildman–Crippen MR) is 75.4 cm³/mol. The van der Waals surface area contributed by atoms with E-state index in [1.54, 1.807) is 0 Å². The van der Waals surface area contributed by atoms with E-state index in [-0.39, 0.29) is 11.9 Å². The van der Waals surface area contributed by atoms with E-state index in [9.17, 15) is 9.59 Å². The monoisotopic (exact) mass is 276 g/mol. The number of hydrogen-bond donors (Lipinski definition) is 2. The van der Waals surface area contributed by atoms with E-state index in [0.717, 1.165) is 25.9 Å². The van der Waals surface area contributed by atoms with Crippen molar-refractivity contribution in [1.82, 2.24) is 10.2 Å². The topological polar surface area (TPSA) is 69.4 Å². The molecule has 1 saturated heterocycles. The molecule has 5 nitrogen and oxygen atoms in total. The summed E-state index contributed by atoms with van der Waals surface area (Å²) in [4.78, 5) is 24.5. The first-order valence-electron chi connectivity index (χ1n) is 6.89. The lowest BCUT2D eigenvalue weighted by Gasteiger charge is -2.09. The van der Waals surface area contributed by atoms with E-state index in [0.29, 0.717) is 0 Å². The molecule has 2 rings (SSSR count). The van der Waals surface area contributed by atoms with Crippen LogP contribution < -0.4 is 5.32 Å². The molecule has 20 heavy (non-hydrogen) atoms. The lowest BCUT2D eigenvalue weighted by Crippen LogP contribution is -2.41. The minimum Gasteiger partial charge on any atom is -0.480 e. The van der Waals surface area contributed by atoms with Crippen molar-refractivity contribution >= 4 is 11.9 Å². The number of carboxylic acids is 1. The van der Waals surface area contributed by atoms with Crippen molar-refractivity contribution in [2.24, 2.45) is 0 Å². The lowest BCUT2D eigenvalue weighted by molar-refractivity contribution is -0.141. The van der Waals surface area contributed by atoms with Gasteiger partial charge in [-0.15, -0.1) is 0 Å². The number of hydrogen-bond acceptors (Lipinski definition) is 3. The number of aryl methyl sites for hydroxylation is 1. The number of nitrogens with one attached hydrogen (secondary N) is 1. The van der Waals surface area contributed by atoms with Crippen LogP contribution in [0.3, 0.4) is 0 Å². The van der Waals surface area contributed by atoms with Crippen molar-refractivity contribution in [3.63, 3.8) is 0 Å². The van der Waals surface area contributed by atoms with Crippen LogP contribution in [0.15, 0.2) is 30.3 Å². The Kier molecular flexibility index (Phi) is 4.74. The van der Waals surface area contributed by atoms with Gasteiger partial charge in [-0.25, -0.2) is 0 Å². The molecule has 108 valence electrons. The van der Waals surface area contributed by atoms with Crippen LogP contribution >= 0.6 is 0 Å². The van der Waals surface area contributed by atoms with Crippen molar-refractivity contribution in [1.29, 1.82) is 0 Å². The van der Waals surface area contributed by atoms with Crippen molar-refractivity contribution in [3.05, 3.63) is 35.9 Å². The molecule has 0 radical (unpaired) electrons. The van der Waals surface area contributed by atoms with Crippen LogP contribution in [0.5, 0.6) is 0 Å². The fourth-order valence-electron chi connectivity index (χ4n) is 2.17. The van der Waals surface area contributed by atoms with Crippen LogP contribution in [0.4, 0.5) is 0 Å². The number of amides is 1. The maximum absolute atomic E-state index is 11.7. The highest BCUT2D eigenvalue weighted by molar-refractivity contribution is 5.88. The number of benzene rings is 1. The molecule has 5 heteroatoms. The van der Waals surface area contributed by atoms with Crippen LogP contribution in [0.25, 0.3) is 0 Å². The van der Waals surface area contributed by atoms with Gasteiger partial charge in [-0.3, -0.25) is 14.5 Å². The Bertz CT molecular complexity index is 475. The number of carbonyl (C=O) groups is 2. The second-order valence-electron chi connectivity index (χ2n) is 5.17. The molecule has 0 bridgehead atoms. The third-order valence-corrected chi connectivity index (χ3v) is 3.50. The average Bonchev–Trinajstić information content (AvgIpc) is 3.19. The molecule has 1 amide bonds. The molecule has 1 aliphatic rings. The zero-order chi connectivity index (χ0) is 14.5. The molecule has 1 aromatic rings. The molecule has 1 aromatic carbocycles. The lowest BCUT2D eigenvalue weighted by atomic mass is 10.1. The van der Waals surface area contributed by atoms with Crippen molar-refractivity contribution in [2.75, 3.05) is 13.1 Å². The summed E-state index contributed by atoms with van der Waals surface area (Å²) in [5.41, 5.74) is 1.30. The molecule has 3 atom stereocenters. The minimum atomic E-state index is -1.00. The molecule has 0 aromatic heterocycles. The summed E-state index contributed by atoms with van der Waals surface area (Å²) in [6, 6.07) is 9.27. The molecular formula is C15H20N2O3. The van der Waals surface area contributed by atoms with Gasteiger partial charge in [-0.1, -0.05) is 30.3 Å². The average molecular weight is 276 g/mol. The van der Waals surface area contributed by atoms with Gasteiger partial charge in [0.2, 0.25) is 5.91 Å². The minimum absolute atomic E-state index is 0.146. The molecule has 1 heterocycles. The van der Waals surface area contributed by atoms with Gasteiger partial charge < -0.3 is 10.4 Å². The van der Waals surface area contributed by atoms with Crippen LogP contribution in [0.1, 0.15) is 18.9 Å². The Morgan fingerprint density at radius 1 is 1.40 bits per heavy atom. The standard InChI is InChI=1S/C15H20N2O3/c1-11(15(19)20)16-14(18)13-10-17(13)9-5-8-12-6-3-2-4-7-12/h2-4,6-7,11,13H,5,8-10H2,1H3,(H,16,18)(H,19,20). The maximum Gasteiger partial charge on any atom is 0.325 e. The third kappa shape index (κ3) is 4.06.